The van der Waals surface area contributed by atoms with E-state index in [1.807, 2.05) is 6.92 Å². The van der Waals surface area contributed by atoms with Crippen LogP contribution in [0.4, 0.5) is 32.0 Å². The first kappa shape index (κ1) is 26.3. The predicted molar refractivity (Wildman–Crippen MR) is 119 cm³/mol. The van der Waals surface area contributed by atoms with Gasteiger partial charge in [0.1, 0.15) is 5.41 Å². The summed E-state index contributed by atoms with van der Waals surface area (Å²) in [5.41, 5.74) is -3.29. The second-order valence-electron chi connectivity index (χ2n) is 8.02. The maximum Gasteiger partial charge on any atom is 0.416 e. The molecule has 0 aliphatic carbocycles. The number of hydrogen-bond donors (Lipinski definition) is 1. The zero-order valence-electron chi connectivity index (χ0n) is 17.5. The van der Waals surface area contributed by atoms with Crippen LogP contribution in [-0.2, 0) is 18.1 Å². The van der Waals surface area contributed by atoms with Gasteiger partial charge in [-0.25, -0.2) is 0 Å². The van der Waals surface area contributed by atoms with Crippen LogP contribution in [0, 0.1) is 0 Å². The molecule has 182 valence electrons. The Morgan fingerprint density at radius 3 is 2.18 bits per heavy atom. The average molecular weight is 534 g/mol. The standard InChI is InChI=1S/C22H21Cl3F6N2/c1-2-6-32-11-13-3-4-15(10-16(13)21(26,27)28)33-7-5-20(12-33,22(29,30)31)14-8-17(23)19(25)18(24)9-14/h3-4,8-10,32H,2,5-7,11-12H2,1H3. The van der Waals surface area contributed by atoms with Gasteiger partial charge in [0.05, 0.1) is 20.6 Å². The second kappa shape index (κ2) is 9.72. The maximum absolute atomic E-state index is 14.3. The van der Waals surface area contributed by atoms with Crippen molar-refractivity contribution in [3.05, 3.63) is 62.1 Å². The SMILES string of the molecule is CCCNCc1ccc(N2CCC(c3cc(Cl)c(Cl)c(Cl)c3)(C(F)(F)F)C2)cc1C(F)(F)F. The summed E-state index contributed by atoms with van der Waals surface area (Å²) >= 11 is 17.8. The van der Waals surface area contributed by atoms with E-state index in [4.69, 9.17) is 34.8 Å². The number of hydrogen-bond acceptors (Lipinski definition) is 2. The van der Waals surface area contributed by atoms with Crippen molar-refractivity contribution >= 4 is 40.5 Å². The van der Waals surface area contributed by atoms with Gasteiger partial charge in [0.15, 0.2) is 0 Å². The molecule has 0 spiro atoms. The summed E-state index contributed by atoms with van der Waals surface area (Å²) < 4.78 is 84.0. The second-order valence-corrected chi connectivity index (χ2v) is 9.21. The summed E-state index contributed by atoms with van der Waals surface area (Å²) in [6, 6.07) is 5.89. The lowest BCUT2D eigenvalue weighted by atomic mass is 9.79. The molecule has 1 unspecified atom stereocenters. The highest BCUT2D eigenvalue weighted by Gasteiger charge is 2.59. The molecule has 1 fully saturated rings. The number of halogens is 9. The largest absolute Gasteiger partial charge is 0.416 e. The van der Waals surface area contributed by atoms with Gasteiger partial charge in [-0.15, -0.1) is 0 Å². The Balaban J connectivity index is 1.99. The van der Waals surface area contributed by atoms with Crippen molar-refractivity contribution in [3.8, 4) is 0 Å². The molecule has 0 saturated carbocycles. The number of rotatable bonds is 6. The van der Waals surface area contributed by atoms with Crippen LogP contribution in [0.15, 0.2) is 30.3 Å². The van der Waals surface area contributed by atoms with Crippen LogP contribution in [0.25, 0.3) is 0 Å². The van der Waals surface area contributed by atoms with Crippen molar-refractivity contribution in [1.29, 1.82) is 0 Å². The van der Waals surface area contributed by atoms with Crippen molar-refractivity contribution < 1.29 is 26.3 Å². The first-order valence-electron chi connectivity index (χ1n) is 10.2. The fraction of sp³-hybridized carbons (Fsp3) is 0.455. The van der Waals surface area contributed by atoms with Gasteiger partial charge in [0, 0.05) is 25.3 Å². The molecule has 2 nitrogen and oxygen atoms in total. The van der Waals surface area contributed by atoms with Crippen molar-refractivity contribution in [2.24, 2.45) is 0 Å². The molecule has 33 heavy (non-hydrogen) atoms. The molecule has 11 heteroatoms. The molecule has 0 amide bonds. The smallest absolute Gasteiger partial charge is 0.370 e. The Kier molecular flexibility index (Phi) is 7.73. The van der Waals surface area contributed by atoms with E-state index in [1.54, 1.807) is 0 Å². The summed E-state index contributed by atoms with van der Waals surface area (Å²) in [7, 11) is 0. The first-order valence-corrected chi connectivity index (χ1v) is 11.3. The number of benzene rings is 2. The zero-order valence-corrected chi connectivity index (χ0v) is 19.7. The molecule has 2 aromatic rings. The van der Waals surface area contributed by atoms with Crippen LogP contribution in [0.2, 0.25) is 15.1 Å². The molecule has 1 aliphatic heterocycles. The highest BCUT2D eigenvalue weighted by Crippen LogP contribution is 2.50. The first-order chi connectivity index (χ1) is 15.3. The Morgan fingerprint density at radius 2 is 1.64 bits per heavy atom. The van der Waals surface area contributed by atoms with E-state index in [0.717, 1.165) is 24.6 Å². The van der Waals surface area contributed by atoms with E-state index in [2.05, 4.69) is 5.32 Å². The van der Waals surface area contributed by atoms with Gasteiger partial charge in [-0.05, 0) is 54.8 Å². The highest BCUT2D eigenvalue weighted by atomic mass is 35.5. The summed E-state index contributed by atoms with van der Waals surface area (Å²) in [6.45, 7) is 1.78. The normalized spacial score (nSPS) is 19.4. The van der Waals surface area contributed by atoms with Crippen LogP contribution in [-0.4, -0.2) is 25.8 Å². The third kappa shape index (κ3) is 5.34. The van der Waals surface area contributed by atoms with Crippen LogP contribution in [0.5, 0.6) is 0 Å². The van der Waals surface area contributed by atoms with E-state index in [1.165, 1.54) is 17.0 Å². The Hall–Kier alpha value is -1.35. The fourth-order valence-corrected chi connectivity index (χ4v) is 4.67. The van der Waals surface area contributed by atoms with Gasteiger partial charge in [-0.3, -0.25) is 0 Å². The minimum absolute atomic E-state index is 0.0111. The fourth-order valence-electron chi connectivity index (χ4n) is 4.07. The molecule has 1 atom stereocenters. The molecule has 1 N–H and O–H groups in total. The summed E-state index contributed by atoms with van der Waals surface area (Å²) in [5.74, 6) is 0. The third-order valence-electron chi connectivity index (χ3n) is 5.85. The van der Waals surface area contributed by atoms with E-state index in [-0.39, 0.29) is 51.4 Å². The van der Waals surface area contributed by atoms with Crippen LogP contribution < -0.4 is 10.2 Å². The number of anilines is 1. The predicted octanol–water partition coefficient (Wildman–Crippen LogP) is 7.88. The van der Waals surface area contributed by atoms with E-state index in [0.29, 0.717) is 6.54 Å². The van der Waals surface area contributed by atoms with Gasteiger partial charge in [0.2, 0.25) is 0 Å². The van der Waals surface area contributed by atoms with Gasteiger partial charge in [-0.1, -0.05) is 47.8 Å². The lowest BCUT2D eigenvalue weighted by Crippen LogP contribution is -2.45. The van der Waals surface area contributed by atoms with E-state index >= 15 is 0 Å². The number of nitrogens with one attached hydrogen (secondary N) is 1. The van der Waals surface area contributed by atoms with Crippen LogP contribution >= 0.6 is 34.8 Å². The quantitative estimate of drug-likeness (QED) is 0.231. The average Bonchev–Trinajstić information content (AvgIpc) is 3.18. The molecule has 3 rings (SSSR count). The topological polar surface area (TPSA) is 15.3 Å². The highest BCUT2D eigenvalue weighted by molar-refractivity contribution is 6.48. The maximum atomic E-state index is 14.3. The van der Waals surface area contributed by atoms with Crippen molar-refractivity contribution in [3.63, 3.8) is 0 Å². The van der Waals surface area contributed by atoms with Gasteiger partial charge >= 0.3 is 12.4 Å². The number of nitrogens with zero attached hydrogens (tertiary/aromatic N) is 1. The van der Waals surface area contributed by atoms with Gasteiger partial charge in [-0.2, -0.15) is 26.3 Å². The Labute approximate surface area is 202 Å². The molecule has 1 aliphatic rings. The number of alkyl halides is 6. The van der Waals surface area contributed by atoms with Gasteiger partial charge < -0.3 is 10.2 Å². The molecule has 0 bridgehead atoms. The molecule has 1 heterocycles. The third-order valence-corrected chi connectivity index (χ3v) is 7.05. The lowest BCUT2D eigenvalue weighted by Gasteiger charge is -2.33. The minimum Gasteiger partial charge on any atom is -0.370 e. The zero-order chi connectivity index (χ0) is 24.6. The Bertz CT molecular complexity index is 986. The molecular formula is C22H21Cl3F6N2. The van der Waals surface area contributed by atoms with Crippen molar-refractivity contribution in [2.45, 2.75) is 44.1 Å². The van der Waals surface area contributed by atoms with Crippen molar-refractivity contribution in [1.82, 2.24) is 5.32 Å². The van der Waals surface area contributed by atoms with E-state index < -0.39 is 29.9 Å². The molecule has 1 saturated heterocycles. The van der Waals surface area contributed by atoms with Crippen molar-refractivity contribution in [2.75, 3.05) is 24.5 Å². The minimum atomic E-state index is -4.70. The summed E-state index contributed by atoms with van der Waals surface area (Å²) in [5, 5.41) is 2.62. The summed E-state index contributed by atoms with van der Waals surface area (Å²) in [4.78, 5) is 1.31. The Morgan fingerprint density at radius 1 is 1.00 bits per heavy atom. The molecule has 0 radical (unpaired) electrons. The van der Waals surface area contributed by atoms with Gasteiger partial charge in [0.25, 0.3) is 0 Å². The lowest BCUT2D eigenvalue weighted by molar-refractivity contribution is -0.184. The van der Waals surface area contributed by atoms with Crippen LogP contribution in [0.1, 0.15) is 36.5 Å². The van der Waals surface area contributed by atoms with E-state index in [9.17, 15) is 26.3 Å². The monoisotopic (exact) mass is 532 g/mol. The molecule has 2 aromatic carbocycles. The summed E-state index contributed by atoms with van der Waals surface area (Å²) in [6.07, 6.45) is -8.95. The molecular weight excluding hydrogens is 513 g/mol. The molecule has 0 aromatic heterocycles. The van der Waals surface area contributed by atoms with Crippen LogP contribution in [0.3, 0.4) is 0 Å².